The van der Waals surface area contributed by atoms with E-state index in [-0.39, 0.29) is 0 Å². The average Bonchev–Trinajstić information content (AvgIpc) is 2.03. The second-order valence-electron chi connectivity index (χ2n) is 1.76. The van der Waals surface area contributed by atoms with E-state index in [2.05, 4.69) is 11.6 Å². The van der Waals surface area contributed by atoms with E-state index in [1.807, 2.05) is 29.5 Å². The minimum atomic E-state index is 0.665. The second-order valence-corrected chi connectivity index (χ2v) is 2.32. The highest BCUT2D eigenvalue weighted by Crippen LogP contribution is 2.05. The van der Waals surface area contributed by atoms with Gasteiger partial charge in [0, 0.05) is 0 Å². The number of rotatable bonds is 3. The van der Waals surface area contributed by atoms with Crippen molar-refractivity contribution in [1.82, 2.24) is 0 Å². The van der Waals surface area contributed by atoms with Gasteiger partial charge in [-0.2, -0.15) is 0 Å². The Morgan fingerprint density at radius 1 is 1.64 bits per heavy atom. The Labute approximate surface area is 80.7 Å². The first-order valence-electron chi connectivity index (χ1n) is 3.13. The molecule has 0 unspecified atom stereocenters. The number of aliphatic imine (C=N–C) groups is 1. The van der Waals surface area contributed by atoms with Crippen LogP contribution in [0.4, 0.5) is 0 Å². The summed E-state index contributed by atoms with van der Waals surface area (Å²) in [5.41, 5.74) is 7.03. The Kier molecular flexibility index (Phi) is 5.83. The number of allylic oxidation sites excluding steroid dienone is 3. The largest absolute Gasteiger partial charge is 0.397 e. The topological polar surface area (TPSA) is 38.4 Å². The van der Waals surface area contributed by atoms with Crippen LogP contribution in [0.15, 0.2) is 41.2 Å². The molecule has 3 heteroatoms. The van der Waals surface area contributed by atoms with Crippen molar-refractivity contribution in [3.05, 3.63) is 36.2 Å². The molecule has 0 atom stereocenters. The maximum absolute atomic E-state index is 5.62. The van der Waals surface area contributed by atoms with Gasteiger partial charge in [-0.25, -0.2) is 4.99 Å². The number of nitrogens with zero attached hydrogens (tertiary/aromatic N) is 1. The van der Waals surface area contributed by atoms with Gasteiger partial charge in [0.2, 0.25) is 0 Å². The fourth-order valence-electron chi connectivity index (χ4n) is 0.526. The molecule has 60 valence electrons. The van der Waals surface area contributed by atoms with Crippen molar-refractivity contribution in [2.75, 3.05) is 0 Å². The summed E-state index contributed by atoms with van der Waals surface area (Å²) in [6.45, 7) is 5.43. The normalized spacial score (nSPS) is 14.0. The highest BCUT2D eigenvalue weighted by atomic mass is 127. The Morgan fingerprint density at radius 3 is 2.64 bits per heavy atom. The second kappa shape index (κ2) is 6.15. The molecule has 0 aliphatic carbocycles. The Bertz CT molecular complexity index is 214. The summed E-state index contributed by atoms with van der Waals surface area (Å²) in [7, 11) is 0. The first kappa shape index (κ1) is 10.4. The van der Waals surface area contributed by atoms with Gasteiger partial charge in [-0.3, -0.25) is 0 Å². The fraction of sp³-hybridized carbons (Fsp3) is 0.125. The predicted molar refractivity (Wildman–Crippen MR) is 58.7 cm³/mol. The molecule has 0 saturated heterocycles. The first-order valence-corrected chi connectivity index (χ1v) is 4.38. The summed E-state index contributed by atoms with van der Waals surface area (Å²) < 4.78 is 1.67. The monoisotopic (exact) mass is 262 g/mol. The average molecular weight is 262 g/mol. The number of hydrogen-bond acceptors (Lipinski definition) is 2. The number of nitrogens with two attached hydrogens (primary N) is 1. The molecule has 2 nitrogen and oxygen atoms in total. The van der Waals surface area contributed by atoms with Gasteiger partial charge in [0.1, 0.15) is 0 Å². The third-order valence-electron chi connectivity index (χ3n) is 1.07. The summed E-state index contributed by atoms with van der Waals surface area (Å²) in [5, 5.41) is 0. The molecule has 11 heavy (non-hydrogen) atoms. The van der Waals surface area contributed by atoms with Crippen molar-refractivity contribution in [2.45, 2.75) is 6.92 Å². The summed E-state index contributed by atoms with van der Waals surface area (Å²) in [4.78, 5) is 4.04. The maximum atomic E-state index is 5.62. The van der Waals surface area contributed by atoms with Gasteiger partial charge in [-0.1, -0.05) is 18.7 Å². The molecule has 0 aliphatic heterocycles. The smallest absolute Gasteiger partial charge is 0.0860 e. The van der Waals surface area contributed by atoms with Gasteiger partial charge in [0.25, 0.3) is 0 Å². The van der Waals surface area contributed by atoms with E-state index in [0.717, 1.165) is 5.70 Å². The maximum Gasteiger partial charge on any atom is 0.0860 e. The van der Waals surface area contributed by atoms with Crippen LogP contribution in [0.1, 0.15) is 6.92 Å². The molecule has 0 aromatic rings. The van der Waals surface area contributed by atoms with E-state index in [9.17, 15) is 0 Å². The highest BCUT2D eigenvalue weighted by Gasteiger charge is 1.92. The molecule has 0 spiro atoms. The molecule has 0 aliphatic rings. The quantitative estimate of drug-likeness (QED) is 0.473. The van der Waals surface area contributed by atoms with Crippen molar-refractivity contribution >= 4 is 26.8 Å². The lowest BCUT2D eigenvalue weighted by Gasteiger charge is -1.97. The Morgan fingerprint density at radius 2 is 2.27 bits per heavy atom. The minimum Gasteiger partial charge on any atom is -0.397 e. The van der Waals surface area contributed by atoms with Crippen molar-refractivity contribution < 1.29 is 0 Å². The standard InChI is InChI=1S/C8H11IN2/c1-3-5-8(11-6-9)7(10)4-2/h3-6H,1,10H2,2H3/b7-4+,8-5+,11-6-. The number of halogens is 1. The van der Waals surface area contributed by atoms with Crippen LogP contribution in [0.2, 0.25) is 0 Å². The van der Waals surface area contributed by atoms with E-state index in [4.69, 9.17) is 5.73 Å². The van der Waals surface area contributed by atoms with Crippen molar-refractivity contribution in [3.8, 4) is 0 Å². The molecule has 2 N–H and O–H groups in total. The lowest BCUT2D eigenvalue weighted by Crippen LogP contribution is -1.98. The van der Waals surface area contributed by atoms with Crippen molar-refractivity contribution in [2.24, 2.45) is 10.7 Å². The van der Waals surface area contributed by atoms with Crippen LogP contribution in [0, 0.1) is 0 Å². The van der Waals surface area contributed by atoms with Gasteiger partial charge in [-0.15, -0.1) is 0 Å². The van der Waals surface area contributed by atoms with Crippen LogP contribution in [0.5, 0.6) is 0 Å². The van der Waals surface area contributed by atoms with E-state index in [1.54, 1.807) is 22.4 Å². The zero-order valence-corrected chi connectivity index (χ0v) is 8.58. The summed E-state index contributed by atoms with van der Waals surface area (Å²) in [6, 6.07) is 0. The minimum absolute atomic E-state index is 0.665. The van der Waals surface area contributed by atoms with Crippen molar-refractivity contribution in [1.29, 1.82) is 0 Å². The number of hydrogen-bond donors (Lipinski definition) is 1. The molecular formula is C8H11IN2. The highest BCUT2D eigenvalue weighted by molar-refractivity contribution is 14.1. The zero-order chi connectivity index (χ0) is 8.69. The van der Waals surface area contributed by atoms with E-state index in [0.29, 0.717) is 5.70 Å². The van der Waals surface area contributed by atoms with Crippen LogP contribution < -0.4 is 5.73 Å². The van der Waals surface area contributed by atoms with Gasteiger partial charge in [0.05, 0.1) is 15.6 Å². The molecular weight excluding hydrogens is 251 g/mol. The third kappa shape index (κ3) is 3.98. The van der Waals surface area contributed by atoms with Gasteiger partial charge in [0.15, 0.2) is 0 Å². The molecule has 0 saturated carbocycles. The Hall–Kier alpha value is -0.580. The van der Waals surface area contributed by atoms with E-state index >= 15 is 0 Å². The van der Waals surface area contributed by atoms with Gasteiger partial charge >= 0.3 is 0 Å². The van der Waals surface area contributed by atoms with Gasteiger partial charge in [-0.05, 0) is 35.6 Å². The molecule has 0 rings (SSSR count). The molecule has 0 amide bonds. The Balaban J connectivity index is 4.61. The third-order valence-corrected chi connectivity index (χ3v) is 1.35. The zero-order valence-electron chi connectivity index (χ0n) is 6.42. The van der Waals surface area contributed by atoms with Crippen LogP contribution in [-0.4, -0.2) is 4.22 Å². The lowest BCUT2D eigenvalue weighted by molar-refractivity contribution is 1.24. The fourth-order valence-corrected chi connectivity index (χ4v) is 0.826. The lowest BCUT2D eigenvalue weighted by atomic mass is 10.3. The summed E-state index contributed by atoms with van der Waals surface area (Å²) in [5.74, 6) is 0. The van der Waals surface area contributed by atoms with Crippen LogP contribution in [0.25, 0.3) is 0 Å². The van der Waals surface area contributed by atoms with E-state index in [1.165, 1.54) is 0 Å². The van der Waals surface area contributed by atoms with Gasteiger partial charge < -0.3 is 5.73 Å². The summed E-state index contributed by atoms with van der Waals surface area (Å²) in [6.07, 6.45) is 5.23. The molecule has 0 bridgehead atoms. The molecule has 0 aromatic heterocycles. The molecule has 0 fully saturated rings. The first-order chi connectivity index (χ1) is 5.26. The molecule has 0 radical (unpaired) electrons. The van der Waals surface area contributed by atoms with Crippen LogP contribution in [0.3, 0.4) is 0 Å². The van der Waals surface area contributed by atoms with E-state index < -0.39 is 0 Å². The summed E-state index contributed by atoms with van der Waals surface area (Å²) >= 11 is 2.04. The van der Waals surface area contributed by atoms with Crippen LogP contribution >= 0.6 is 22.6 Å². The SMILES string of the molecule is C=C/C=C(/N=C\I)C(\N)=C/C. The van der Waals surface area contributed by atoms with Crippen molar-refractivity contribution in [3.63, 3.8) is 0 Å². The predicted octanol–water partition coefficient (Wildman–Crippen LogP) is 2.38. The molecule has 0 aromatic carbocycles. The molecule has 0 heterocycles. The van der Waals surface area contributed by atoms with Crippen LogP contribution in [-0.2, 0) is 0 Å².